The van der Waals surface area contributed by atoms with Gasteiger partial charge in [-0.2, -0.15) is 0 Å². The van der Waals surface area contributed by atoms with Crippen molar-refractivity contribution in [2.45, 2.75) is 39.2 Å². The summed E-state index contributed by atoms with van der Waals surface area (Å²) in [5, 5.41) is 3.24. The molecule has 0 aliphatic heterocycles. The molecular weight excluding hydrogens is 540 g/mol. The molecule has 4 aromatic carbocycles. The van der Waals surface area contributed by atoms with E-state index in [9.17, 15) is 14.4 Å². The molecule has 0 aromatic heterocycles. The van der Waals surface area contributed by atoms with Crippen LogP contribution in [-0.2, 0) is 20.7 Å². The molecule has 4 rings (SSSR count). The van der Waals surface area contributed by atoms with Gasteiger partial charge in [-0.25, -0.2) is 4.79 Å². The highest BCUT2D eigenvalue weighted by atomic mass is 16.5. The number of nitrogens with one attached hydrogen (secondary N) is 1. The minimum Gasteiger partial charge on any atom is -0.492 e. The predicted octanol–water partition coefficient (Wildman–Crippen LogP) is 6.63. The molecule has 7 heteroatoms. The third kappa shape index (κ3) is 8.55. The molecule has 1 atom stereocenters. The van der Waals surface area contributed by atoms with Gasteiger partial charge in [0.1, 0.15) is 18.4 Å². The number of carbonyl (C=O) groups excluding carboxylic acids is 3. The number of rotatable bonds is 14. The van der Waals surface area contributed by atoms with E-state index in [0.717, 1.165) is 23.2 Å². The standard InChI is InChI=1S/C36H38N2O5/c1-4-11-34(39)38(29-15-10-12-26(2)24-29)22-23-43-30-20-18-27(19-21-30)25-33(36(41)42-3)37-32-17-9-8-16-31(32)35(40)28-13-6-5-7-14-28/h5-10,12-21,24,33,37H,4,11,22-23,25H2,1-3H3. The normalized spacial score (nSPS) is 11.3. The minimum absolute atomic E-state index is 0.0699. The van der Waals surface area contributed by atoms with E-state index in [-0.39, 0.29) is 11.7 Å². The van der Waals surface area contributed by atoms with Crippen LogP contribution in [0.15, 0.2) is 103 Å². The van der Waals surface area contributed by atoms with Crippen molar-refractivity contribution in [3.63, 3.8) is 0 Å². The number of amides is 1. The van der Waals surface area contributed by atoms with Gasteiger partial charge in [0, 0.05) is 35.3 Å². The topological polar surface area (TPSA) is 84.9 Å². The number of esters is 1. The first-order chi connectivity index (χ1) is 20.9. The van der Waals surface area contributed by atoms with Crippen LogP contribution in [0.5, 0.6) is 5.75 Å². The third-order valence-electron chi connectivity index (χ3n) is 7.05. The van der Waals surface area contributed by atoms with Crippen molar-refractivity contribution in [3.05, 3.63) is 125 Å². The number of benzene rings is 4. The average molecular weight is 579 g/mol. The van der Waals surface area contributed by atoms with E-state index in [4.69, 9.17) is 9.47 Å². The maximum atomic E-state index is 13.2. The van der Waals surface area contributed by atoms with Crippen molar-refractivity contribution in [1.29, 1.82) is 0 Å². The highest BCUT2D eigenvalue weighted by Gasteiger charge is 2.23. The van der Waals surface area contributed by atoms with Crippen molar-refractivity contribution in [2.24, 2.45) is 0 Å². The molecule has 43 heavy (non-hydrogen) atoms. The number of ether oxygens (including phenoxy) is 2. The SMILES string of the molecule is CCCC(=O)N(CCOc1ccc(CC(Nc2ccccc2C(=O)c2ccccc2)C(=O)OC)cc1)c1cccc(C)c1. The van der Waals surface area contributed by atoms with E-state index < -0.39 is 12.0 Å². The smallest absolute Gasteiger partial charge is 0.328 e. The van der Waals surface area contributed by atoms with Gasteiger partial charge in [0.05, 0.1) is 13.7 Å². The van der Waals surface area contributed by atoms with Gasteiger partial charge in [0.2, 0.25) is 5.91 Å². The molecule has 0 saturated heterocycles. The quantitative estimate of drug-likeness (QED) is 0.134. The molecule has 7 nitrogen and oxygen atoms in total. The predicted molar refractivity (Wildman–Crippen MR) is 170 cm³/mol. The summed E-state index contributed by atoms with van der Waals surface area (Å²) in [6.07, 6.45) is 1.59. The second kappa shape index (κ2) is 15.4. The number of nitrogens with zero attached hydrogens (tertiary/aromatic N) is 1. The maximum absolute atomic E-state index is 13.2. The monoisotopic (exact) mass is 578 g/mol. The Morgan fingerprint density at radius 3 is 2.28 bits per heavy atom. The Morgan fingerprint density at radius 2 is 1.58 bits per heavy atom. The Morgan fingerprint density at radius 1 is 0.860 bits per heavy atom. The van der Waals surface area contributed by atoms with Crippen LogP contribution in [0, 0.1) is 6.92 Å². The molecule has 0 aliphatic rings. The van der Waals surface area contributed by atoms with Crippen LogP contribution in [0.3, 0.4) is 0 Å². The number of hydrogen-bond acceptors (Lipinski definition) is 6. The minimum atomic E-state index is -0.714. The summed E-state index contributed by atoms with van der Waals surface area (Å²) in [4.78, 5) is 40.5. The maximum Gasteiger partial charge on any atom is 0.328 e. The van der Waals surface area contributed by atoms with Crippen LogP contribution in [0.4, 0.5) is 11.4 Å². The molecule has 0 spiro atoms. The fraction of sp³-hybridized carbons (Fsp3) is 0.250. The zero-order valence-corrected chi connectivity index (χ0v) is 24.9. The Bertz CT molecular complexity index is 1520. The second-order valence-electron chi connectivity index (χ2n) is 10.3. The Labute approximate surface area is 253 Å². The number of anilines is 2. The molecule has 0 aliphatic carbocycles. The van der Waals surface area contributed by atoms with Gasteiger partial charge in [0.25, 0.3) is 0 Å². The van der Waals surface area contributed by atoms with E-state index in [1.165, 1.54) is 7.11 Å². The molecule has 0 saturated carbocycles. The zero-order valence-electron chi connectivity index (χ0n) is 24.9. The van der Waals surface area contributed by atoms with Crippen molar-refractivity contribution in [2.75, 3.05) is 30.5 Å². The van der Waals surface area contributed by atoms with Gasteiger partial charge < -0.3 is 19.7 Å². The zero-order chi connectivity index (χ0) is 30.6. The van der Waals surface area contributed by atoms with Gasteiger partial charge in [-0.05, 0) is 60.9 Å². The summed E-state index contributed by atoms with van der Waals surface area (Å²) in [5.41, 5.74) is 4.45. The third-order valence-corrected chi connectivity index (χ3v) is 7.05. The molecule has 222 valence electrons. The lowest BCUT2D eigenvalue weighted by molar-refractivity contribution is -0.141. The summed E-state index contributed by atoms with van der Waals surface area (Å²) in [6, 6.07) is 30.9. The lowest BCUT2D eigenvalue weighted by Gasteiger charge is -2.23. The molecule has 4 aromatic rings. The molecular formula is C36H38N2O5. The van der Waals surface area contributed by atoms with E-state index in [2.05, 4.69) is 5.32 Å². The number of methoxy groups -OCH3 is 1. The van der Waals surface area contributed by atoms with E-state index >= 15 is 0 Å². The summed E-state index contributed by atoms with van der Waals surface area (Å²) in [5.74, 6) is 0.166. The van der Waals surface area contributed by atoms with Crippen LogP contribution in [-0.4, -0.2) is 44.0 Å². The van der Waals surface area contributed by atoms with Gasteiger partial charge in [-0.3, -0.25) is 9.59 Å². The molecule has 1 amide bonds. The largest absolute Gasteiger partial charge is 0.492 e. The van der Waals surface area contributed by atoms with Crippen LogP contribution in [0.2, 0.25) is 0 Å². The van der Waals surface area contributed by atoms with Gasteiger partial charge in [0.15, 0.2) is 5.78 Å². The number of carbonyl (C=O) groups is 3. The molecule has 0 radical (unpaired) electrons. The molecule has 0 fully saturated rings. The van der Waals surface area contributed by atoms with Crippen LogP contribution in [0.25, 0.3) is 0 Å². The number of para-hydroxylation sites is 1. The lowest BCUT2D eigenvalue weighted by Crippen LogP contribution is -2.34. The number of hydrogen-bond donors (Lipinski definition) is 1. The van der Waals surface area contributed by atoms with Crippen molar-refractivity contribution >= 4 is 29.0 Å². The summed E-state index contributed by atoms with van der Waals surface area (Å²) >= 11 is 0. The fourth-order valence-electron chi connectivity index (χ4n) is 4.83. The van der Waals surface area contributed by atoms with Crippen molar-refractivity contribution in [3.8, 4) is 5.75 Å². The van der Waals surface area contributed by atoms with E-state index in [0.29, 0.717) is 48.6 Å². The number of aryl methyl sites for hydroxylation is 1. The molecule has 0 bridgehead atoms. The van der Waals surface area contributed by atoms with Crippen LogP contribution < -0.4 is 15.0 Å². The van der Waals surface area contributed by atoms with Crippen molar-refractivity contribution in [1.82, 2.24) is 0 Å². The lowest BCUT2D eigenvalue weighted by atomic mass is 10.00. The first-order valence-corrected chi connectivity index (χ1v) is 14.5. The fourth-order valence-corrected chi connectivity index (χ4v) is 4.83. The average Bonchev–Trinajstić information content (AvgIpc) is 3.03. The van der Waals surface area contributed by atoms with Gasteiger partial charge >= 0.3 is 5.97 Å². The first-order valence-electron chi connectivity index (χ1n) is 14.5. The Hall–Kier alpha value is -4.91. The molecule has 1 unspecified atom stereocenters. The highest BCUT2D eigenvalue weighted by Crippen LogP contribution is 2.23. The molecule has 1 N–H and O–H groups in total. The van der Waals surface area contributed by atoms with Crippen molar-refractivity contribution < 1.29 is 23.9 Å². The summed E-state index contributed by atoms with van der Waals surface area (Å²) in [7, 11) is 1.35. The second-order valence-corrected chi connectivity index (χ2v) is 10.3. The van der Waals surface area contributed by atoms with Crippen LogP contribution in [0.1, 0.15) is 46.8 Å². The van der Waals surface area contributed by atoms with E-state index in [1.54, 1.807) is 35.2 Å². The van der Waals surface area contributed by atoms with Gasteiger partial charge in [-0.15, -0.1) is 0 Å². The Balaban J connectivity index is 1.41. The molecule has 0 heterocycles. The highest BCUT2D eigenvalue weighted by molar-refractivity contribution is 6.12. The number of ketones is 1. The Kier molecular flexibility index (Phi) is 11.1. The van der Waals surface area contributed by atoms with Gasteiger partial charge in [-0.1, -0.05) is 73.7 Å². The van der Waals surface area contributed by atoms with Crippen LogP contribution >= 0.6 is 0 Å². The summed E-state index contributed by atoms with van der Waals surface area (Å²) < 4.78 is 11.1. The van der Waals surface area contributed by atoms with E-state index in [1.807, 2.05) is 86.6 Å². The first kappa shape index (κ1) is 31.0. The summed E-state index contributed by atoms with van der Waals surface area (Å²) in [6.45, 7) is 4.77.